The van der Waals surface area contributed by atoms with Crippen LogP contribution in [0.5, 0.6) is 5.75 Å². The molecule has 0 bridgehead atoms. The predicted molar refractivity (Wildman–Crippen MR) is 86.3 cm³/mol. The molecule has 2 aromatic rings. The van der Waals surface area contributed by atoms with Crippen LogP contribution in [0.1, 0.15) is 5.56 Å². The van der Waals surface area contributed by atoms with Crippen molar-refractivity contribution >= 4 is 23.4 Å². The van der Waals surface area contributed by atoms with Crippen LogP contribution in [0.2, 0.25) is 0 Å². The summed E-state index contributed by atoms with van der Waals surface area (Å²) >= 11 is 0. The van der Waals surface area contributed by atoms with Crippen LogP contribution in [-0.2, 0) is 4.79 Å². The molecule has 0 spiro atoms. The van der Waals surface area contributed by atoms with E-state index in [9.17, 15) is 4.79 Å². The molecule has 0 unspecified atom stereocenters. The second-order valence-electron chi connectivity index (χ2n) is 4.57. The highest BCUT2D eigenvalue weighted by atomic mass is 16.5. The van der Waals surface area contributed by atoms with Gasteiger partial charge in [-0.25, -0.2) is 0 Å². The van der Waals surface area contributed by atoms with E-state index in [-0.39, 0.29) is 5.91 Å². The lowest BCUT2D eigenvalue weighted by Crippen LogP contribution is -2.24. The minimum Gasteiger partial charge on any atom is -0.495 e. The third kappa shape index (κ3) is 3.63. The first kappa shape index (κ1) is 14.7. The van der Waals surface area contributed by atoms with Gasteiger partial charge in [0.15, 0.2) is 0 Å². The Morgan fingerprint density at radius 3 is 2.48 bits per heavy atom. The Balaban J connectivity index is 2.14. The van der Waals surface area contributed by atoms with E-state index in [0.717, 1.165) is 11.3 Å². The van der Waals surface area contributed by atoms with Crippen LogP contribution in [0, 0.1) is 0 Å². The van der Waals surface area contributed by atoms with Gasteiger partial charge in [-0.2, -0.15) is 0 Å². The molecule has 0 aromatic heterocycles. The maximum absolute atomic E-state index is 12.2. The van der Waals surface area contributed by atoms with E-state index in [1.165, 1.54) is 6.08 Å². The van der Waals surface area contributed by atoms with Crippen LogP contribution in [0.25, 0.3) is 6.08 Å². The molecule has 4 heteroatoms. The van der Waals surface area contributed by atoms with Gasteiger partial charge in [-0.05, 0) is 35.9 Å². The van der Waals surface area contributed by atoms with Gasteiger partial charge >= 0.3 is 0 Å². The standard InChI is InChI=1S/C17H18N2O2/c1-19(15-5-3-4-6-16(15)21-2)17(20)12-9-13-7-10-14(18)11-8-13/h3-12H,18H2,1-2H3/b12-9+. The maximum Gasteiger partial charge on any atom is 0.250 e. The van der Waals surface area contributed by atoms with E-state index in [2.05, 4.69) is 0 Å². The Bertz CT molecular complexity index is 648. The van der Waals surface area contributed by atoms with Gasteiger partial charge in [-0.3, -0.25) is 4.79 Å². The Morgan fingerprint density at radius 2 is 1.81 bits per heavy atom. The Kier molecular flexibility index (Phi) is 4.61. The number of amides is 1. The fraction of sp³-hybridized carbons (Fsp3) is 0.118. The van der Waals surface area contributed by atoms with Crippen molar-refractivity contribution in [3.05, 3.63) is 60.2 Å². The van der Waals surface area contributed by atoms with Gasteiger partial charge in [-0.15, -0.1) is 0 Å². The fourth-order valence-corrected chi connectivity index (χ4v) is 1.91. The Hall–Kier alpha value is -2.75. The molecular weight excluding hydrogens is 264 g/mol. The summed E-state index contributed by atoms with van der Waals surface area (Å²) in [4.78, 5) is 13.8. The molecule has 108 valence electrons. The van der Waals surface area contributed by atoms with Crippen LogP contribution >= 0.6 is 0 Å². The van der Waals surface area contributed by atoms with Crippen LogP contribution in [0.3, 0.4) is 0 Å². The van der Waals surface area contributed by atoms with Gasteiger partial charge in [-0.1, -0.05) is 24.3 Å². The molecule has 2 aromatic carbocycles. The van der Waals surface area contributed by atoms with Gasteiger partial charge in [0.25, 0.3) is 5.91 Å². The zero-order valence-corrected chi connectivity index (χ0v) is 12.1. The first-order valence-electron chi connectivity index (χ1n) is 6.56. The number of hydrogen-bond donors (Lipinski definition) is 1. The molecule has 0 saturated carbocycles. The second kappa shape index (κ2) is 6.61. The smallest absolute Gasteiger partial charge is 0.250 e. The minimum atomic E-state index is -0.128. The van der Waals surface area contributed by atoms with E-state index >= 15 is 0 Å². The lowest BCUT2D eigenvalue weighted by Gasteiger charge is -2.18. The molecule has 2 N–H and O–H groups in total. The van der Waals surface area contributed by atoms with E-state index in [0.29, 0.717) is 11.4 Å². The van der Waals surface area contributed by atoms with Gasteiger partial charge in [0, 0.05) is 18.8 Å². The second-order valence-corrected chi connectivity index (χ2v) is 4.57. The third-order valence-electron chi connectivity index (χ3n) is 3.13. The number of methoxy groups -OCH3 is 1. The highest BCUT2D eigenvalue weighted by Gasteiger charge is 2.11. The van der Waals surface area contributed by atoms with Gasteiger partial charge in [0.2, 0.25) is 0 Å². The number of benzene rings is 2. The van der Waals surface area contributed by atoms with Crippen molar-refractivity contribution in [1.29, 1.82) is 0 Å². The summed E-state index contributed by atoms with van der Waals surface area (Å²) in [5, 5.41) is 0. The molecule has 4 nitrogen and oxygen atoms in total. The van der Waals surface area contributed by atoms with E-state index in [1.807, 2.05) is 36.4 Å². The third-order valence-corrected chi connectivity index (χ3v) is 3.13. The van der Waals surface area contributed by atoms with E-state index in [1.54, 1.807) is 37.3 Å². The van der Waals surface area contributed by atoms with Crippen LogP contribution in [0.15, 0.2) is 54.6 Å². The highest BCUT2D eigenvalue weighted by molar-refractivity contribution is 6.04. The number of nitrogen functional groups attached to an aromatic ring is 1. The highest BCUT2D eigenvalue weighted by Crippen LogP contribution is 2.26. The Labute approximate surface area is 124 Å². The summed E-state index contributed by atoms with van der Waals surface area (Å²) in [5.41, 5.74) is 7.98. The van der Waals surface area contributed by atoms with Crippen molar-refractivity contribution in [2.75, 3.05) is 24.8 Å². The number of anilines is 2. The van der Waals surface area contributed by atoms with Crippen LogP contribution in [0.4, 0.5) is 11.4 Å². The summed E-state index contributed by atoms with van der Waals surface area (Å²) in [6.07, 6.45) is 3.28. The zero-order valence-electron chi connectivity index (χ0n) is 12.1. The fourth-order valence-electron chi connectivity index (χ4n) is 1.91. The lowest BCUT2D eigenvalue weighted by atomic mass is 10.2. The number of ether oxygens (including phenoxy) is 1. The average molecular weight is 282 g/mol. The molecule has 21 heavy (non-hydrogen) atoms. The normalized spacial score (nSPS) is 10.6. The van der Waals surface area contributed by atoms with Crippen molar-refractivity contribution in [1.82, 2.24) is 0 Å². The van der Waals surface area contributed by atoms with Gasteiger partial charge < -0.3 is 15.4 Å². The first-order chi connectivity index (χ1) is 10.1. The van der Waals surface area contributed by atoms with Crippen molar-refractivity contribution in [2.24, 2.45) is 0 Å². The molecule has 0 atom stereocenters. The number of para-hydroxylation sites is 2. The quantitative estimate of drug-likeness (QED) is 0.693. The van der Waals surface area contributed by atoms with Crippen molar-refractivity contribution < 1.29 is 9.53 Å². The number of carbonyl (C=O) groups is 1. The van der Waals surface area contributed by atoms with E-state index < -0.39 is 0 Å². The maximum atomic E-state index is 12.2. The SMILES string of the molecule is COc1ccccc1N(C)C(=O)/C=C/c1ccc(N)cc1. The summed E-state index contributed by atoms with van der Waals surface area (Å²) in [5.74, 6) is 0.533. The number of hydrogen-bond acceptors (Lipinski definition) is 3. The van der Waals surface area contributed by atoms with Crippen LogP contribution < -0.4 is 15.4 Å². The van der Waals surface area contributed by atoms with Crippen molar-refractivity contribution in [2.45, 2.75) is 0 Å². The van der Waals surface area contributed by atoms with Gasteiger partial charge in [0.1, 0.15) is 5.75 Å². The molecule has 2 rings (SSSR count). The molecule has 0 fully saturated rings. The Morgan fingerprint density at radius 1 is 1.14 bits per heavy atom. The number of nitrogens with zero attached hydrogens (tertiary/aromatic N) is 1. The molecule has 0 radical (unpaired) electrons. The largest absolute Gasteiger partial charge is 0.495 e. The summed E-state index contributed by atoms with van der Waals surface area (Å²) < 4.78 is 5.26. The molecule has 1 amide bonds. The molecule has 0 aliphatic rings. The van der Waals surface area contributed by atoms with Crippen molar-refractivity contribution in [3.63, 3.8) is 0 Å². The molecule has 0 heterocycles. The molecular formula is C17H18N2O2. The topological polar surface area (TPSA) is 55.6 Å². The van der Waals surface area contributed by atoms with Crippen LogP contribution in [-0.4, -0.2) is 20.1 Å². The number of rotatable bonds is 4. The number of carbonyl (C=O) groups excluding carboxylic acids is 1. The lowest BCUT2D eigenvalue weighted by molar-refractivity contribution is -0.113. The minimum absolute atomic E-state index is 0.128. The average Bonchev–Trinajstić information content (AvgIpc) is 2.53. The summed E-state index contributed by atoms with van der Waals surface area (Å²) in [6, 6.07) is 14.7. The molecule has 0 aliphatic carbocycles. The van der Waals surface area contributed by atoms with Gasteiger partial charge in [0.05, 0.1) is 12.8 Å². The monoisotopic (exact) mass is 282 g/mol. The zero-order chi connectivity index (χ0) is 15.2. The first-order valence-corrected chi connectivity index (χ1v) is 6.56. The van der Waals surface area contributed by atoms with E-state index in [4.69, 9.17) is 10.5 Å². The number of nitrogens with two attached hydrogens (primary N) is 1. The predicted octanol–water partition coefficient (Wildman–Crippen LogP) is 2.95. The number of likely N-dealkylation sites (N-methyl/N-ethyl adjacent to an activating group) is 1. The summed E-state index contributed by atoms with van der Waals surface area (Å²) in [7, 11) is 3.30. The molecule has 0 saturated heterocycles. The van der Waals surface area contributed by atoms with Crippen molar-refractivity contribution in [3.8, 4) is 5.75 Å². The summed E-state index contributed by atoms with van der Waals surface area (Å²) in [6.45, 7) is 0. The molecule has 0 aliphatic heterocycles.